The summed E-state index contributed by atoms with van der Waals surface area (Å²) in [5, 5.41) is 0. The van der Waals surface area contributed by atoms with Crippen LogP contribution in [0.5, 0.6) is 17.2 Å². The summed E-state index contributed by atoms with van der Waals surface area (Å²) in [5.41, 5.74) is 0.398. The number of hydrogen-bond acceptors (Lipinski definition) is 5. The molecule has 0 amide bonds. The largest absolute Gasteiger partial charge is 0.496 e. The fourth-order valence-corrected chi connectivity index (χ4v) is 2.48. The van der Waals surface area contributed by atoms with Gasteiger partial charge in [0.25, 0.3) is 0 Å². The Bertz CT molecular complexity index is 916. The zero-order chi connectivity index (χ0) is 22.1. The molecule has 0 aliphatic carbocycles. The van der Waals surface area contributed by atoms with Crippen molar-refractivity contribution in [3.63, 3.8) is 0 Å². The van der Waals surface area contributed by atoms with Gasteiger partial charge in [-0.05, 0) is 35.9 Å². The minimum absolute atomic E-state index is 0.00627. The predicted octanol–water partition coefficient (Wildman–Crippen LogP) is 5.00. The van der Waals surface area contributed by atoms with Crippen LogP contribution < -0.4 is 14.2 Å². The number of halogens is 3. The van der Waals surface area contributed by atoms with Gasteiger partial charge in [-0.25, -0.2) is 4.79 Å². The average molecular weight is 422 g/mol. The molecule has 0 spiro atoms. The molecule has 2 rings (SSSR count). The highest BCUT2D eigenvalue weighted by Gasteiger charge is 2.29. The van der Waals surface area contributed by atoms with Gasteiger partial charge in [0.05, 0.1) is 26.9 Å². The second-order valence-corrected chi connectivity index (χ2v) is 5.93. The number of methoxy groups -OCH3 is 3. The molecular weight excluding hydrogens is 401 g/mol. The first-order valence-electron chi connectivity index (χ1n) is 8.77. The molecule has 2 aromatic rings. The van der Waals surface area contributed by atoms with Crippen molar-refractivity contribution in [2.24, 2.45) is 0 Å². The summed E-state index contributed by atoms with van der Waals surface area (Å²) in [6.45, 7) is -0.00627. The van der Waals surface area contributed by atoms with Gasteiger partial charge in [0.2, 0.25) is 0 Å². The molecule has 8 heteroatoms. The number of ether oxygens (including phenoxy) is 4. The fourth-order valence-electron chi connectivity index (χ4n) is 2.48. The van der Waals surface area contributed by atoms with Crippen molar-refractivity contribution >= 4 is 18.1 Å². The molecule has 5 nitrogen and oxygen atoms in total. The van der Waals surface area contributed by atoms with Crippen molar-refractivity contribution in [3.05, 3.63) is 65.2 Å². The fraction of sp³-hybridized carbons (Fsp3) is 0.227. The molecule has 160 valence electrons. The molecule has 0 fully saturated rings. The minimum atomic E-state index is -4.40. The summed E-state index contributed by atoms with van der Waals surface area (Å²) in [5.74, 6) is 0.969. The third-order valence-electron chi connectivity index (χ3n) is 4.00. The van der Waals surface area contributed by atoms with Gasteiger partial charge in [0.15, 0.2) is 11.5 Å². The number of esters is 1. The zero-order valence-corrected chi connectivity index (χ0v) is 16.7. The molecule has 0 aliphatic rings. The van der Waals surface area contributed by atoms with Crippen LogP contribution in [0.3, 0.4) is 0 Å². The quantitative estimate of drug-likeness (QED) is 0.443. The number of benzene rings is 2. The maximum absolute atomic E-state index is 12.5. The molecule has 0 N–H and O–H groups in total. The number of hydrogen-bond donors (Lipinski definition) is 0. The molecule has 30 heavy (non-hydrogen) atoms. The summed E-state index contributed by atoms with van der Waals surface area (Å²) in [6.07, 6.45) is 1.45. The Morgan fingerprint density at radius 3 is 2.07 bits per heavy atom. The van der Waals surface area contributed by atoms with E-state index in [9.17, 15) is 18.0 Å². The Morgan fingerprint density at radius 2 is 1.50 bits per heavy atom. The Labute approximate surface area is 172 Å². The molecule has 0 saturated heterocycles. The lowest BCUT2D eigenvalue weighted by Gasteiger charge is -2.12. The molecule has 2 aromatic carbocycles. The minimum Gasteiger partial charge on any atom is -0.496 e. The highest BCUT2D eigenvalue weighted by Crippen LogP contribution is 2.35. The lowest BCUT2D eigenvalue weighted by Crippen LogP contribution is -2.04. The van der Waals surface area contributed by atoms with E-state index >= 15 is 0 Å². The first kappa shape index (κ1) is 22.9. The van der Waals surface area contributed by atoms with E-state index in [0.29, 0.717) is 28.4 Å². The summed E-state index contributed by atoms with van der Waals surface area (Å²) in [4.78, 5) is 11.8. The molecule has 0 radical (unpaired) electrons. The van der Waals surface area contributed by atoms with Crippen LogP contribution in [0, 0.1) is 0 Å². The second kappa shape index (κ2) is 10.4. The predicted molar refractivity (Wildman–Crippen MR) is 107 cm³/mol. The van der Waals surface area contributed by atoms with Gasteiger partial charge in [-0.2, -0.15) is 13.2 Å². The summed E-state index contributed by atoms with van der Waals surface area (Å²) in [7, 11) is 4.55. The Morgan fingerprint density at radius 1 is 0.900 bits per heavy atom. The van der Waals surface area contributed by atoms with Crippen LogP contribution in [0.1, 0.15) is 16.7 Å². The van der Waals surface area contributed by atoms with Crippen molar-refractivity contribution in [3.8, 4) is 17.2 Å². The Kier molecular flexibility index (Phi) is 7.91. The van der Waals surface area contributed by atoms with E-state index < -0.39 is 17.7 Å². The molecule has 0 bridgehead atoms. The number of rotatable bonds is 8. The van der Waals surface area contributed by atoms with Gasteiger partial charge in [-0.3, -0.25) is 0 Å². The van der Waals surface area contributed by atoms with Gasteiger partial charge in [0.1, 0.15) is 12.4 Å². The van der Waals surface area contributed by atoms with E-state index in [4.69, 9.17) is 18.9 Å². The van der Waals surface area contributed by atoms with Crippen molar-refractivity contribution in [1.29, 1.82) is 0 Å². The van der Waals surface area contributed by atoms with Crippen LogP contribution in [0.25, 0.3) is 12.2 Å². The van der Waals surface area contributed by atoms with E-state index in [0.717, 1.165) is 18.2 Å². The number of carbonyl (C=O) groups is 1. The van der Waals surface area contributed by atoms with Crippen LogP contribution >= 0.6 is 0 Å². The maximum Gasteiger partial charge on any atom is 0.416 e. The molecule has 0 unspecified atom stereocenters. The van der Waals surface area contributed by atoms with Gasteiger partial charge in [-0.15, -0.1) is 0 Å². The summed E-state index contributed by atoms with van der Waals surface area (Å²) < 4.78 is 58.4. The van der Waals surface area contributed by atoms with E-state index in [1.165, 1.54) is 39.5 Å². The Hall–Kier alpha value is -3.42. The van der Waals surface area contributed by atoms with Gasteiger partial charge in [-0.1, -0.05) is 18.2 Å². The monoisotopic (exact) mass is 422 g/mol. The smallest absolute Gasteiger partial charge is 0.416 e. The standard InChI is InChI=1S/C22H21F3O5/c1-27-18-14-20(29-3)19(28-2)13-16(18)5-4-12-30-21(26)11-8-15-6-9-17(10-7-15)22(23,24)25/h4-11,13-14H,12H2,1-3H3/b5-4+,11-8+. The van der Waals surface area contributed by atoms with E-state index in [1.54, 1.807) is 24.3 Å². The third-order valence-corrected chi connectivity index (χ3v) is 4.00. The highest BCUT2D eigenvalue weighted by molar-refractivity contribution is 5.87. The average Bonchev–Trinajstić information content (AvgIpc) is 2.74. The third kappa shape index (κ3) is 6.30. The first-order valence-corrected chi connectivity index (χ1v) is 8.77. The van der Waals surface area contributed by atoms with Gasteiger partial charge in [0, 0.05) is 17.7 Å². The van der Waals surface area contributed by atoms with Crippen LogP contribution in [0.2, 0.25) is 0 Å². The topological polar surface area (TPSA) is 54.0 Å². The van der Waals surface area contributed by atoms with Gasteiger partial charge >= 0.3 is 12.1 Å². The van der Waals surface area contributed by atoms with E-state index in [2.05, 4.69) is 0 Å². The molecule has 0 aromatic heterocycles. The van der Waals surface area contributed by atoms with Crippen LogP contribution in [0.4, 0.5) is 13.2 Å². The summed E-state index contributed by atoms with van der Waals surface area (Å²) in [6, 6.07) is 7.85. The Balaban J connectivity index is 1.94. The molecule has 0 heterocycles. The molecule has 0 atom stereocenters. The highest BCUT2D eigenvalue weighted by atomic mass is 19.4. The summed E-state index contributed by atoms with van der Waals surface area (Å²) >= 11 is 0. The van der Waals surface area contributed by atoms with Gasteiger partial charge < -0.3 is 18.9 Å². The van der Waals surface area contributed by atoms with Crippen LogP contribution in [-0.2, 0) is 15.7 Å². The zero-order valence-electron chi connectivity index (χ0n) is 16.7. The number of alkyl halides is 3. The van der Waals surface area contributed by atoms with Crippen molar-refractivity contribution < 1.29 is 36.9 Å². The van der Waals surface area contributed by atoms with E-state index in [1.807, 2.05) is 0 Å². The first-order chi connectivity index (χ1) is 14.3. The van der Waals surface area contributed by atoms with Crippen molar-refractivity contribution in [2.45, 2.75) is 6.18 Å². The van der Waals surface area contributed by atoms with Crippen LogP contribution in [0.15, 0.2) is 48.6 Å². The van der Waals surface area contributed by atoms with Crippen LogP contribution in [-0.4, -0.2) is 33.9 Å². The molecule has 0 saturated carbocycles. The lowest BCUT2D eigenvalue weighted by molar-refractivity contribution is -0.138. The second-order valence-electron chi connectivity index (χ2n) is 5.93. The van der Waals surface area contributed by atoms with Crippen molar-refractivity contribution in [2.75, 3.05) is 27.9 Å². The molecular formula is C22H21F3O5. The number of carbonyl (C=O) groups excluding carboxylic acids is 1. The lowest BCUT2D eigenvalue weighted by atomic mass is 10.1. The molecule has 0 aliphatic heterocycles. The normalized spacial score (nSPS) is 11.7. The van der Waals surface area contributed by atoms with E-state index in [-0.39, 0.29) is 6.61 Å². The maximum atomic E-state index is 12.5. The van der Waals surface area contributed by atoms with Crippen molar-refractivity contribution in [1.82, 2.24) is 0 Å². The SMILES string of the molecule is COc1cc(OC)c(OC)cc1/C=C/COC(=O)/C=C/c1ccc(C(F)(F)F)cc1.